The van der Waals surface area contributed by atoms with Crippen LogP contribution in [-0.2, 0) is 20.1 Å². The summed E-state index contributed by atoms with van der Waals surface area (Å²) in [7, 11) is 1.57. The van der Waals surface area contributed by atoms with Crippen molar-refractivity contribution in [1.82, 2.24) is 23.7 Å². The molecule has 0 aliphatic rings. The molecule has 0 unspecified atom stereocenters. The standard InChI is InChI=1S/C21H19Cl2N5O3/c1-26-19-17(20(30)27(21(26)31)8-3-9-29)28(12-16-7-6-15(23)11-24-16)18(25-19)13-4-2-5-14(22)10-13/h2,4-7,10-11,29H,3,8-9,12H2,1H3. The van der Waals surface area contributed by atoms with E-state index in [2.05, 4.69) is 9.97 Å². The summed E-state index contributed by atoms with van der Waals surface area (Å²) in [5.74, 6) is 0.487. The van der Waals surface area contributed by atoms with E-state index in [1.807, 2.05) is 6.07 Å². The zero-order valence-corrected chi connectivity index (χ0v) is 18.1. The number of hydrogen-bond donors (Lipinski definition) is 1. The molecular weight excluding hydrogens is 441 g/mol. The van der Waals surface area contributed by atoms with E-state index in [1.165, 1.54) is 10.8 Å². The summed E-state index contributed by atoms with van der Waals surface area (Å²) in [5.41, 5.74) is 0.943. The van der Waals surface area contributed by atoms with Crippen LogP contribution >= 0.6 is 23.2 Å². The molecule has 0 atom stereocenters. The van der Waals surface area contributed by atoms with Gasteiger partial charge in [-0.05, 0) is 30.7 Å². The largest absolute Gasteiger partial charge is 0.396 e. The van der Waals surface area contributed by atoms with Gasteiger partial charge in [0.25, 0.3) is 5.56 Å². The summed E-state index contributed by atoms with van der Waals surface area (Å²) in [6.45, 7) is 0.215. The fourth-order valence-electron chi connectivity index (χ4n) is 3.46. The molecular formula is C21H19Cl2N5O3. The Balaban J connectivity index is 2.03. The number of pyridine rings is 1. The van der Waals surface area contributed by atoms with Gasteiger partial charge in [0.15, 0.2) is 11.2 Å². The third-order valence-corrected chi connectivity index (χ3v) is 5.42. The van der Waals surface area contributed by atoms with Gasteiger partial charge in [0.1, 0.15) is 5.82 Å². The van der Waals surface area contributed by atoms with Gasteiger partial charge in [-0.15, -0.1) is 0 Å². The number of aromatic nitrogens is 5. The third kappa shape index (κ3) is 4.01. The predicted molar refractivity (Wildman–Crippen MR) is 120 cm³/mol. The van der Waals surface area contributed by atoms with Crippen LogP contribution in [0.5, 0.6) is 0 Å². The van der Waals surface area contributed by atoms with E-state index >= 15 is 0 Å². The lowest BCUT2D eigenvalue weighted by Crippen LogP contribution is -2.40. The second-order valence-electron chi connectivity index (χ2n) is 7.05. The Morgan fingerprint density at radius 1 is 1.06 bits per heavy atom. The van der Waals surface area contributed by atoms with Crippen LogP contribution in [0.3, 0.4) is 0 Å². The number of rotatable bonds is 6. The molecule has 0 fully saturated rings. The second-order valence-corrected chi connectivity index (χ2v) is 7.92. The Morgan fingerprint density at radius 3 is 2.55 bits per heavy atom. The summed E-state index contributed by atoms with van der Waals surface area (Å²) in [6.07, 6.45) is 1.82. The van der Waals surface area contributed by atoms with E-state index in [0.29, 0.717) is 27.1 Å². The van der Waals surface area contributed by atoms with Crippen LogP contribution in [0.2, 0.25) is 10.0 Å². The minimum absolute atomic E-state index is 0.106. The molecule has 0 radical (unpaired) electrons. The molecule has 4 rings (SSSR count). The molecule has 4 aromatic rings. The van der Waals surface area contributed by atoms with Crippen LogP contribution in [0.1, 0.15) is 12.1 Å². The maximum atomic E-state index is 13.3. The number of aliphatic hydroxyl groups is 1. The Morgan fingerprint density at radius 2 is 1.87 bits per heavy atom. The molecule has 1 aromatic carbocycles. The minimum atomic E-state index is -0.488. The van der Waals surface area contributed by atoms with Crippen LogP contribution < -0.4 is 11.2 Å². The van der Waals surface area contributed by atoms with E-state index in [0.717, 1.165) is 4.57 Å². The lowest BCUT2D eigenvalue weighted by Gasteiger charge is -2.11. The summed E-state index contributed by atoms with van der Waals surface area (Å²) < 4.78 is 4.19. The lowest BCUT2D eigenvalue weighted by atomic mass is 10.2. The van der Waals surface area contributed by atoms with Crippen molar-refractivity contribution in [2.45, 2.75) is 19.5 Å². The van der Waals surface area contributed by atoms with Crippen LogP contribution in [-0.4, -0.2) is 35.4 Å². The van der Waals surface area contributed by atoms with Crippen molar-refractivity contribution >= 4 is 34.4 Å². The fourth-order valence-corrected chi connectivity index (χ4v) is 3.76. The van der Waals surface area contributed by atoms with Gasteiger partial charge in [0.05, 0.1) is 17.3 Å². The molecule has 0 aliphatic heterocycles. The number of aliphatic hydroxyl groups excluding tert-OH is 1. The van der Waals surface area contributed by atoms with E-state index in [-0.39, 0.29) is 37.3 Å². The number of nitrogens with zero attached hydrogens (tertiary/aromatic N) is 5. The quantitative estimate of drug-likeness (QED) is 0.478. The molecule has 0 amide bonds. The van der Waals surface area contributed by atoms with Gasteiger partial charge in [-0.2, -0.15) is 0 Å². The van der Waals surface area contributed by atoms with Crippen LogP contribution in [0.25, 0.3) is 22.6 Å². The van der Waals surface area contributed by atoms with Gasteiger partial charge in [0.2, 0.25) is 0 Å². The maximum absolute atomic E-state index is 13.3. The van der Waals surface area contributed by atoms with Crippen molar-refractivity contribution < 1.29 is 5.11 Å². The molecule has 1 N–H and O–H groups in total. The highest BCUT2D eigenvalue weighted by Crippen LogP contribution is 2.26. The summed E-state index contributed by atoms with van der Waals surface area (Å²) >= 11 is 12.1. The molecule has 3 heterocycles. The first kappa shape index (κ1) is 21.3. The fraction of sp³-hybridized carbons (Fsp3) is 0.238. The highest BCUT2D eigenvalue weighted by Gasteiger charge is 2.21. The second kappa shape index (κ2) is 8.66. The Labute approximate surface area is 186 Å². The van der Waals surface area contributed by atoms with Crippen LogP contribution in [0, 0.1) is 0 Å². The molecule has 0 saturated heterocycles. The van der Waals surface area contributed by atoms with E-state index in [4.69, 9.17) is 28.3 Å². The van der Waals surface area contributed by atoms with Crippen molar-refractivity contribution in [2.24, 2.45) is 7.05 Å². The van der Waals surface area contributed by atoms with Crippen molar-refractivity contribution in [2.75, 3.05) is 6.61 Å². The van der Waals surface area contributed by atoms with Gasteiger partial charge in [-0.3, -0.25) is 18.9 Å². The van der Waals surface area contributed by atoms with Gasteiger partial charge in [-0.1, -0.05) is 35.3 Å². The van der Waals surface area contributed by atoms with Crippen molar-refractivity contribution in [3.63, 3.8) is 0 Å². The zero-order valence-electron chi connectivity index (χ0n) is 16.6. The number of fused-ring (bicyclic) bond motifs is 1. The van der Waals surface area contributed by atoms with Crippen LogP contribution in [0.4, 0.5) is 0 Å². The van der Waals surface area contributed by atoms with Gasteiger partial charge >= 0.3 is 5.69 Å². The third-order valence-electron chi connectivity index (χ3n) is 4.96. The first-order valence-electron chi connectivity index (χ1n) is 9.58. The lowest BCUT2D eigenvalue weighted by molar-refractivity contribution is 0.277. The SMILES string of the molecule is Cn1c(=O)n(CCCO)c(=O)c2c1nc(-c1cccc(Cl)c1)n2Cc1ccc(Cl)cn1. The van der Waals surface area contributed by atoms with Crippen molar-refractivity contribution in [3.05, 3.63) is 79.2 Å². The molecule has 0 saturated carbocycles. The molecule has 10 heteroatoms. The summed E-state index contributed by atoms with van der Waals surface area (Å²) in [6, 6.07) is 10.6. The normalized spacial score (nSPS) is 11.4. The van der Waals surface area contributed by atoms with E-state index < -0.39 is 11.2 Å². The van der Waals surface area contributed by atoms with Crippen molar-refractivity contribution in [1.29, 1.82) is 0 Å². The average Bonchev–Trinajstić information content (AvgIpc) is 3.13. The van der Waals surface area contributed by atoms with Gasteiger partial charge < -0.3 is 9.67 Å². The van der Waals surface area contributed by atoms with E-state index in [1.54, 1.807) is 41.9 Å². The monoisotopic (exact) mass is 459 g/mol. The smallest absolute Gasteiger partial charge is 0.332 e. The van der Waals surface area contributed by atoms with E-state index in [9.17, 15) is 9.59 Å². The molecule has 3 aromatic heterocycles. The Kier molecular flexibility index (Phi) is 5.95. The number of benzene rings is 1. The first-order valence-corrected chi connectivity index (χ1v) is 10.3. The molecule has 31 heavy (non-hydrogen) atoms. The van der Waals surface area contributed by atoms with Gasteiger partial charge in [-0.25, -0.2) is 9.78 Å². The number of imidazole rings is 1. The Bertz CT molecular complexity index is 1370. The molecule has 160 valence electrons. The highest BCUT2D eigenvalue weighted by molar-refractivity contribution is 6.31. The number of aryl methyl sites for hydroxylation is 1. The maximum Gasteiger partial charge on any atom is 0.332 e. The Hall–Kier alpha value is -2.94. The molecule has 0 aliphatic carbocycles. The van der Waals surface area contributed by atoms with Crippen molar-refractivity contribution in [3.8, 4) is 11.4 Å². The van der Waals surface area contributed by atoms with Crippen LogP contribution in [0.15, 0.2) is 52.2 Å². The molecule has 0 spiro atoms. The number of halogens is 2. The number of hydrogen-bond acceptors (Lipinski definition) is 5. The summed E-state index contributed by atoms with van der Waals surface area (Å²) in [4.78, 5) is 35.1. The minimum Gasteiger partial charge on any atom is -0.396 e. The highest BCUT2D eigenvalue weighted by atomic mass is 35.5. The predicted octanol–water partition coefficient (Wildman–Crippen LogP) is 2.70. The van der Waals surface area contributed by atoms with Gasteiger partial charge in [0, 0.05) is 37.0 Å². The zero-order chi connectivity index (χ0) is 22.1. The average molecular weight is 460 g/mol. The summed E-state index contributed by atoms with van der Waals surface area (Å²) in [5, 5.41) is 10.2. The topological polar surface area (TPSA) is 94.9 Å². The molecule has 8 nitrogen and oxygen atoms in total. The first-order chi connectivity index (χ1) is 14.9. The molecule has 0 bridgehead atoms.